The predicted molar refractivity (Wildman–Crippen MR) is 94.8 cm³/mol. The first-order chi connectivity index (χ1) is 11.4. The maximum Gasteiger partial charge on any atom is 0.225 e. The molecule has 24 heavy (non-hydrogen) atoms. The zero-order chi connectivity index (χ0) is 17.4. The van der Waals surface area contributed by atoms with E-state index in [0.717, 1.165) is 53.8 Å². The third kappa shape index (κ3) is 2.95. The van der Waals surface area contributed by atoms with E-state index in [1.54, 1.807) is 31.1 Å². The smallest absolute Gasteiger partial charge is 0.225 e. The number of pyridine rings is 1. The number of aryl methyl sites for hydroxylation is 1. The summed E-state index contributed by atoms with van der Waals surface area (Å²) in [6.07, 6.45) is 1.66. The molecule has 1 fully saturated rings. The Morgan fingerprint density at radius 2 is 1.92 bits per heavy atom. The van der Waals surface area contributed by atoms with Gasteiger partial charge in [-0.1, -0.05) is 0 Å². The van der Waals surface area contributed by atoms with Crippen molar-refractivity contribution in [1.82, 2.24) is 9.88 Å². The minimum atomic E-state index is -0.244. The third-order valence-electron chi connectivity index (χ3n) is 5.00. The van der Waals surface area contributed by atoms with E-state index in [0.29, 0.717) is 0 Å². The van der Waals surface area contributed by atoms with Crippen molar-refractivity contribution in [2.24, 2.45) is 5.92 Å². The fraction of sp³-hybridized carbons (Fsp3) is 0.474. The summed E-state index contributed by atoms with van der Waals surface area (Å²) >= 11 is 0. The van der Waals surface area contributed by atoms with Gasteiger partial charge in [-0.05, 0) is 50.5 Å². The van der Waals surface area contributed by atoms with Crippen LogP contribution in [0.15, 0.2) is 18.2 Å². The molecule has 1 aromatic heterocycles. The largest absolute Gasteiger partial charge is 0.371 e. The molecule has 1 aliphatic heterocycles. The molecule has 3 rings (SSSR count). The van der Waals surface area contributed by atoms with Crippen LogP contribution in [0.25, 0.3) is 10.9 Å². The number of piperidine rings is 1. The average molecular weight is 329 g/mol. The fourth-order valence-corrected chi connectivity index (χ4v) is 3.56. The van der Waals surface area contributed by atoms with Crippen LogP contribution >= 0.6 is 0 Å². The Bertz CT molecular complexity index is 780. The Kier molecular flexibility index (Phi) is 4.43. The molecule has 1 aliphatic rings. The number of carbonyl (C=O) groups is 1. The van der Waals surface area contributed by atoms with Gasteiger partial charge in [-0.3, -0.25) is 9.78 Å². The summed E-state index contributed by atoms with van der Waals surface area (Å²) in [5, 5.41) is 0.857. The molecule has 1 saturated heterocycles. The molecular formula is C19H24FN3O. The minimum absolute atomic E-state index is 0.0856. The molecule has 1 aromatic carbocycles. The summed E-state index contributed by atoms with van der Waals surface area (Å²) in [7, 11) is 3.61. The molecule has 0 bridgehead atoms. The van der Waals surface area contributed by atoms with Gasteiger partial charge in [0.25, 0.3) is 0 Å². The number of fused-ring (bicyclic) bond motifs is 1. The molecule has 2 aromatic rings. The first-order valence-corrected chi connectivity index (χ1v) is 8.41. The van der Waals surface area contributed by atoms with E-state index in [1.807, 2.05) is 13.8 Å². The SMILES string of the molecule is Cc1nc2ccc(F)cc2c(N2CCC(C(=O)N(C)C)CC2)c1C. The van der Waals surface area contributed by atoms with Crippen molar-refractivity contribution in [2.45, 2.75) is 26.7 Å². The number of benzene rings is 1. The van der Waals surface area contributed by atoms with Crippen LogP contribution in [-0.4, -0.2) is 43.0 Å². The highest BCUT2D eigenvalue weighted by Gasteiger charge is 2.28. The van der Waals surface area contributed by atoms with Crippen LogP contribution in [0.1, 0.15) is 24.1 Å². The standard InChI is InChI=1S/C19H24FN3O/c1-12-13(2)21-17-6-5-15(20)11-16(17)18(12)23-9-7-14(8-10-23)19(24)22(3)4/h5-6,11,14H,7-10H2,1-4H3. The number of carbonyl (C=O) groups excluding carboxylic acids is 1. The summed E-state index contributed by atoms with van der Waals surface area (Å²) < 4.78 is 13.8. The zero-order valence-electron chi connectivity index (χ0n) is 14.8. The van der Waals surface area contributed by atoms with Crippen molar-refractivity contribution < 1.29 is 9.18 Å². The first kappa shape index (κ1) is 16.7. The molecule has 0 radical (unpaired) electrons. The van der Waals surface area contributed by atoms with Gasteiger partial charge < -0.3 is 9.80 Å². The van der Waals surface area contributed by atoms with Crippen molar-refractivity contribution >= 4 is 22.5 Å². The first-order valence-electron chi connectivity index (χ1n) is 8.41. The maximum atomic E-state index is 13.8. The monoisotopic (exact) mass is 329 g/mol. The number of halogens is 1. The van der Waals surface area contributed by atoms with E-state index in [9.17, 15) is 9.18 Å². The molecule has 0 unspecified atom stereocenters. The lowest BCUT2D eigenvalue weighted by Gasteiger charge is -2.35. The zero-order valence-corrected chi connectivity index (χ0v) is 14.8. The molecule has 1 amide bonds. The molecular weight excluding hydrogens is 305 g/mol. The van der Waals surface area contributed by atoms with Crippen LogP contribution in [0.2, 0.25) is 0 Å². The van der Waals surface area contributed by atoms with Crippen LogP contribution in [-0.2, 0) is 4.79 Å². The second-order valence-electron chi connectivity index (χ2n) is 6.83. The van der Waals surface area contributed by atoms with Gasteiger partial charge in [-0.15, -0.1) is 0 Å². The summed E-state index contributed by atoms with van der Waals surface area (Å²) in [4.78, 5) is 20.7. The Morgan fingerprint density at radius 3 is 2.54 bits per heavy atom. The van der Waals surface area contributed by atoms with Crippen LogP contribution in [0, 0.1) is 25.6 Å². The van der Waals surface area contributed by atoms with E-state index >= 15 is 0 Å². The van der Waals surface area contributed by atoms with Crippen LogP contribution < -0.4 is 4.90 Å². The number of hydrogen-bond donors (Lipinski definition) is 0. The number of rotatable bonds is 2. The van der Waals surface area contributed by atoms with Gasteiger partial charge in [0.15, 0.2) is 0 Å². The van der Waals surface area contributed by atoms with Gasteiger partial charge in [-0.25, -0.2) is 4.39 Å². The normalized spacial score (nSPS) is 15.8. The molecule has 0 atom stereocenters. The van der Waals surface area contributed by atoms with Gasteiger partial charge in [-0.2, -0.15) is 0 Å². The molecule has 128 valence electrons. The summed E-state index contributed by atoms with van der Waals surface area (Å²) in [5.41, 5.74) is 3.94. The average Bonchev–Trinajstić information content (AvgIpc) is 2.56. The second-order valence-corrected chi connectivity index (χ2v) is 6.83. The molecule has 2 heterocycles. The molecule has 4 nitrogen and oxygen atoms in total. The number of anilines is 1. The topological polar surface area (TPSA) is 36.4 Å². The Labute approximate surface area is 142 Å². The fourth-order valence-electron chi connectivity index (χ4n) is 3.56. The van der Waals surface area contributed by atoms with Crippen molar-refractivity contribution in [2.75, 3.05) is 32.1 Å². The second kappa shape index (κ2) is 6.38. The molecule has 0 N–H and O–H groups in total. The molecule has 5 heteroatoms. The maximum absolute atomic E-state index is 13.8. The summed E-state index contributed by atoms with van der Waals surface area (Å²) in [6.45, 7) is 5.64. The lowest BCUT2D eigenvalue weighted by Crippen LogP contribution is -2.40. The lowest BCUT2D eigenvalue weighted by atomic mass is 9.94. The summed E-state index contributed by atoms with van der Waals surface area (Å²) in [5.74, 6) is 0.0437. The summed E-state index contributed by atoms with van der Waals surface area (Å²) in [6, 6.07) is 4.76. The highest BCUT2D eigenvalue weighted by molar-refractivity contribution is 5.94. The van der Waals surface area contributed by atoms with E-state index in [-0.39, 0.29) is 17.6 Å². The van der Waals surface area contributed by atoms with Crippen molar-refractivity contribution in [3.8, 4) is 0 Å². The third-order valence-corrected chi connectivity index (χ3v) is 5.00. The Balaban J connectivity index is 1.94. The van der Waals surface area contributed by atoms with E-state index in [2.05, 4.69) is 9.88 Å². The number of hydrogen-bond acceptors (Lipinski definition) is 3. The Hall–Kier alpha value is -2.17. The van der Waals surface area contributed by atoms with E-state index in [1.165, 1.54) is 6.07 Å². The quantitative estimate of drug-likeness (QED) is 0.848. The van der Waals surface area contributed by atoms with Crippen molar-refractivity contribution in [1.29, 1.82) is 0 Å². The van der Waals surface area contributed by atoms with E-state index in [4.69, 9.17) is 0 Å². The number of nitrogens with zero attached hydrogens (tertiary/aromatic N) is 3. The van der Waals surface area contributed by atoms with Crippen molar-refractivity contribution in [3.05, 3.63) is 35.3 Å². The highest BCUT2D eigenvalue weighted by Crippen LogP contribution is 2.34. The minimum Gasteiger partial charge on any atom is -0.371 e. The number of aromatic nitrogens is 1. The van der Waals surface area contributed by atoms with Crippen LogP contribution in [0.4, 0.5) is 10.1 Å². The van der Waals surface area contributed by atoms with Gasteiger partial charge in [0.2, 0.25) is 5.91 Å². The molecule has 0 saturated carbocycles. The highest BCUT2D eigenvalue weighted by atomic mass is 19.1. The number of amides is 1. The lowest BCUT2D eigenvalue weighted by molar-refractivity contribution is -0.133. The van der Waals surface area contributed by atoms with Crippen LogP contribution in [0.3, 0.4) is 0 Å². The van der Waals surface area contributed by atoms with Gasteiger partial charge in [0, 0.05) is 44.2 Å². The van der Waals surface area contributed by atoms with Gasteiger partial charge >= 0.3 is 0 Å². The predicted octanol–water partition coefficient (Wildman–Crippen LogP) is 3.30. The molecule has 0 spiro atoms. The van der Waals surface area contributed by atoms with Crippen molar-refractivity contribution in [3.63, 3.8) is 0 Å². The Morgan fingerprint density at radius 1 is 1.25 bits per heavy atom. The van der Waals surface area contributed by atoms with Gasteiger partial charge in [0.05, 0.1) is 11.2 Å². The molecule has 0 aliphatic carbocycles. The van der Waals surface area contributed by atoms with E-state index < -0.39 is 0 Å². The van der Waals surface area contributed by atoms with Crippen LogP contribution in [0.5, 0.6) is 0 Å². The van der Waals surface area contributed by atoms with Gasteiger partial charge in [0.1, 0.15) is 5.82 Å².